The summed E-state index contributed by atoms with van der Waals surface area (Å²) in [5.74, 6) is 0.501. The number of hydrogen-bond donors (Lipinski definition) is 1. The van der Waals surface area contributed by atoms with Crippen molar-refractivity contribution >= 4 is 63.1 Å². The summed E-state index contributed by atoms with van der Waals surface area (Å²) in [6, 6.07) is 19.7. The SMILES string of the molecule is CN1C(=O)/C(=C/c2ccc(Sc3nc4ccccc4[nH]3)o2)SC1=Nc1ccc(N2CCOCC2)cc1. The number of morpholine rings is 1. The van der Waals surface area contributed by atoms with Gasteiger partial charge in [0.25, 0.3) is 5.91 Å². The average Bonchev–Trinajstić information content (AvgIpc) is 3.60. The van der Waals surface area contributed by atoms with E-state index in [9.17, 15) is 4.79 Å². The maximum absolute atomic E-state index is 12.8. The largest absolute Gasteiger partial charge is 0.450 e. The third kappa shape index (κ3) is 4.79. The van der Waals surface area contributed by atoms with E-state index in [1.165, 1.54) is 23.5 Å². The number of thioether (sulfide) groups is 1. The average molecular weight is 518 g/mol. The molecule has 0 aliphatic carbocycles. The first kappa shape index (κ1) is 23.0. The standard InChI is InChI=1S/C26H23N5O3S2/c1-30-24(32)22(35-26(30)27-17-6-8-18(9-7-17)31-12-14-33-15-13-31)16-19-10-11-23(34-19)36-25-28-20-4-2-3-5-21(20)29-25/h2-11,16H,12-15H2,1H3,(H,28,29)/b22-16-,27-26?. The molecule has 0 spiro atoms. The second-order valence-electron chi connectivity index (χ2n) is 8.30. The van der Waals surface area contributed by atoms with E-state index < -0.39 is 0 Å². The van der Waals surface area contributed by atoms with Gasteiger partial charge in [0.05, 0.1) is 34.8 Å². The fraction of sp³-hybridized carbons (Fsp3) is 0.192. The molecule has 0 unspecified atom stereocenters. The number of H-pyrrole nitrogens is 1. The number of hydrogen-bond acceptors (Lipinski definition) is 8. The lowest BCUT2D eigenvalue weighted by molar-refractivity contribution is -0.121. The highest BCUT2D eigenvalue weighted by Crippen LogP contribution is 2.35. The number of fused-ring (bicyclic) bond motifs is 1. The first-order valence-electron chi connectivity index (χ1n) is 11.5. The highest BCUT2D eigenvalue weighted by Gasteiger charge is 2.30. The van der Waals surface area contributed by atoms with Gasteiger partial charge in [-0.3, -0.25) is 9.69 Å². The van der Waals surface area contributed by atoms with Gasteiger partial charge in [-0.2, -0.15) is 0 Å². The van der Waals surface area contributed by atoms with E-state index >= 15 is 0 Å². The molecule has 8 nitrogen and oxygen atoms in total. The third-order valence-corrected chi connectivity index (χ3v) is 7.76. The van der Waals surface area contributed by atoms with Crippen molar-refractivity contribution in [2.24, 2.45) is 4.99 Å². The van der Waals surface area contributed by atoms with E-state index in [2.05, 4.69) is 27.0 Å². The molecule has 0 saturated carbocycles. The Kier molecular flexibility index (Phi) is 6.30. The predicted octanol–water partition coefficient (Wildman–Crippen LogP) is 5.38. The number of nitrogens with one attached hydrogen (secondary N) is 1. The Morgan fingerprint density at radius 1 is 1.08 bits per heavy atom. The number of amides is 1. The number of aromatic amines is 1. The molecule has 2 aromatic heterocycles. The Morgan fingerprint density at radius 3 is 2.69 bits per heavy atom. The number of benzene rings is 2. The van der Waals surface area contributed by atoms with Crippen molar-refractivity contribution in [1.29, 1.82) is 0 Å². The van der Waals surface area contributed by atoms with Crippen molar-refractivity contribution in [3.63, 3.8) is 0 Å². The number of furan rings is 1. The maximum Gasteiger partial charge on any atom is 0.266 e. The smallest absolute Gasteiger partial charge is 0.266 e. The number of ether oxygens (including phenoxy) is 1. The maximum atomic E-state index is 12.8. The zero-order valence-electron chi connectivity index (χ0n) is 19.5. The zero-order chi connectivity index (χ0) is 24.5. The van der Waals surface area contributed by atoms with Gasteiger partial charge in [-0.15, -0.1) is 0 Å². The van der Waals surface area contributed by atoms with Crippen LogP contribution < -0.4 is 4.90 Å². The summed E-state index contributed by atoms with van der Waals surface area (Å²) in [6.07, 6.45) is 1.76. The number of carbonyl (C=O) groups excluding carboxylic acids is 1. The fourth-order valence-corrected chi connectivity index (χ4v) is 5.73. The molecule has 1 N–H and O–H groups in total. The van der Waals surface area contributed by atoms with Crippen LogP contribution in [0.3, 0.4) is 0 Å². The first-order chi connectivity index (χ1) is 17.6. The third-order valence-electron chi connectivity index (χ3n) is 5.89. The minimum Gasteiger partial charge on any atom is -0.450 e. The molecule has 0 atom stereocenters. The molecule has 36 heavy (non-hydrogen) atoms. The second kappa shape index (κ2) is 9.88. The summed E-state index contributed by atoms with van der Waals surface area (Å²) in [7, 11) is 1.74. The number of aliphatic imine (C=N–C) groups is 1. The van der Waals surface area contributed by atoms with Gasteiger partial charge in [0.1, 0.15) is 5.76 Å². The molecule has 0 radical (unpaired) electrons. The van der Waals surface area contributed by atoms with Gasteiger partial charge in [0.15, 0.2) is 15.4 Å². The van der Waals surface area contributed by atoms with Gasteiger partial charge < -0.3 is 19.0 Å². The fourth-order valence-electron chi connectivity index (χ4n) is 3.99. The Balaban J connectivity index is 1.15. The van der Waals surface area contributed by atoms with Crippen molar-refractivity contribution in [1.82, 2.24) is 14.9 Å². The van der Waals surface area contributed by atoms with E-state index in [4.69, 9.17) is 14.1 Å². The normalized spacial score (nSPS) is 18.8. The van der Waals surface area contributed by atoms with Crippen LogP contribution in [0, 0.1) is 0 Å². The molecule has 2 fully saturated rings. The molecule has 0 bridgehead atoms. The van der Waals surface area contributed by atoms with Gasteiger partial charge >= 0.3 is 0 Å². The lowest BCUT2D eigenvalue weighted by Crippen LogP contribution is -2.36. The van der Waals surface area contributed by atoms with Gasteiger partial charge in [-0.25, -0.2) is 9.98 Å². The highest BCUT2D eigenvalue weighted by molar-refractivity contribution is 8.18. The van der Waals surface area contributed by atoms with E-state index in [-0.39, 0.29) is 5.91 Å². The number of nitrogens with zero attached hydrogens (tertiary/aromatic N) is 4. The summed E-state index contributed by atoms with van der Waals surface area (Å²) in [5.41, 5.74) is 3.85. The molecule has 4 aromatic rings. The minimum absolute atomic E-state index is 0.105. The highest BCUT2D eigenvalue weighted by atomic mass is 32.2. The topological polar surface area (TPSA) is 87.0 Å². The zero-order valence-corrected chi connectivity index (χ0v) is 21.1. The summed E-state index contributed by atoms with van der Waals surface area (Å²) < 4.78 is 11.4. The quantitative estimate of drug-likeness (QED) is 0.356. The van der Waals surface area contributed by atoms with Crippen LogP contribution in [0.2, 0.25) is 0 Å². The van der Waals surface area contributed by atoms with E-state index in [1.807, 2.05) is 48.5 Å². The lowest BCUT2D eigenvalue weighted by atomic mass is 10.2. The van der Waals surface area contributed by atoms with Crippen molar-refractivity contribution in [3.05, 3.63) is 71.3 Å². The van der Waals surface area contributed by atoms with Crippen molar-refractivity contribution in [2.75, 3.05) is 38.3 Å². The molecule has 2 aromatic carbocycles. The predicted molar refractivity (Wildman–Crippen MR) is 144 cm³/mol. The molecular weight excluding hydrogens is 494 g/mol. The molecule has 182 valence electrons. The Labute approximate surface area is 216 Å². The van der Waals surface area contributed by atoms with Crippen molar-refractivity contribution < 1.29 is 13.9 Å². The number of imidazole rings is 1. The number of anilines is 1. The summed E-state index contributed by atoms with van der Waals surface area (Å²) in [6.45, 7) is 3.28. The number of carbonyl (C=O) groups is 1. The van der Waals surface area contributed by atoms with E-state index in [0.717, 1.165) is 53.9 Å². The van der Waals surface area contributed by atoms with Gasteiger partial charge in [0, 0.05) is 31.9 Å². The van der Waals surface area contributed by atoms with Gasteiger partial charge in [-0.05, 0) is 72.1 Å². The molecule has 2 saturated heterocycles. The summed E-state index contributed by atoms with van der Waals surface area (Å²) in [4.78, 5) is 29.8. The van der Waals surface area contributed by atoms with Crippen LogP contribution in [0.25, 0.3) is 17.1 Å². The van der Waals surface area contributed by atoms with Crippen molar-refractivity contribution in [3.8, 4) is 0 Å². The lowest BCUT2D eigenvalue weighted by Gasteiger charge is -2.28. The number of aromatic nitrogens is 2. The Morgan fingerprint density at radius 2 is 1.89 bits per heavy atom. The van der Waals surface area contributed by atoms with Crippen LogP contribution in [0.4, 0.5) is 11.4 Å². The molecule has 2 aliphatic rings. The molecule has 4 heterocycles. The summed E-state index contributed by atoms with van der Waals surface area (Å²) >= 11 is 2.75. The van der Waals surface area contributed by atoms with E-state index in [1.54, 1.807) is 18.0 Å². The van der Waals surface area contributed by atoms with Gasteiger partial charge in [-0.1, -0.05) is 12.1 Å². The minimum atomic E-state index is -0.105. The molecule has 2 aliphatic heterocycles. The van der Waals surface area contributed by atoms with Crippen LogP contribution in [0.5, 0.6) is 0 Å². The van der Waals surface area contributed by atoms with Gasteiger partial charge in [0.2, 0.25) is 0 Å². The molecular formula is C26H23N5O3S2. The van der Waals surface area contributed by atoms with Crippen LogP contribution in [-0.2, 0) is 9.53 Å². The monoisotopic (exact) mass is 517 g/mol. The number of likely N-dealkylation sites (N-methyl/N-ethyl adjacent to an activating group) is 1. The number of amidine groups is 1. The van der Waals surface area contributed by atoms with Crippen LogP contribution in [0.1, 0.15) is 5.76 Å². The molecule has 1 amide bonds. The molecule has 6 rings (SSSR count). The van der Waals surface area contributed by atoms with E-state index in [0.29, 0.717) is 20.9 Å². The van der Waals surface area contributed by atoms with Crippen LogP contribution in [0.15, 0.2) is 85.2 Å². The summed E-state index contributed by atoms with van der Waals surface area (Å²) in [5, 5.41) is 2.08. The van der Waals surface area contributed by atoms with Crippen LogP contribution >= 0.6 is 23.5 Å². The number of para-hydroxylation sites is 2. The number of rotatable bonds is 5. The first-order valence-corrected chi connectivity index (χ1v) is 13.2. The molecule has 10 heteroatoms. The Hall–Kier alpha value is -3.47. The second-order valence-corrected chi connectivity index (χ2v) is 10.3. The Bertz CT molecular complexity index is 1440. The van der Waals surface area contributed by atoms with Crippen LogP contribution in [-0.4, -0.2) is 59.3 Å². The van der Waals surface area contributed by atoms with Crippen molar-refractivity contribution in [2.45, 2.75) is 10.2 Å².